The predicted octanol–water partition coefficient (Wildman–Crippen LogP) is 8.32. The highest BCUT2D eigenvalue weighted by Crippen LogP contribution is 2.38. The van der Waals surface area contributed by atoms with Gasteiger partial charge in [0.25, 0.3) is 0 Å². The molecule has 1 aromatic heterocycles. The van der Waals surface area contributed by atoms with Crippen LogP contribution >= 0.6 is 11.3 Å². The monoisotopic (exact) mass is 372 g/mol. The first-order valence-electron chi connectivity index (χ1n) is 9.71. The van der Waals surface area contributed by atoms with E-state index in [1.807, 2.05) is 11.3 Å². The Morgan fingerprint density at radius 3 is 1.78 bits per heavy atom. The summed E-state index contributed by atoms with van der Waals surface area (Å²) in [5.74, 6) is 0. The molecule has 0 fully saturated rings. The fourth-order valence-electron chi connectivity index (χ4n) is 3.57. The SMILES string of the molecule is CC(C)(C)c1cc(-c2ccc3sc4ccccc4c3c2)cc(C(C)(C)C)c1. The van der Waals surface area contributed by atoms with Crippen LogP contribution in [0.3, 0.4) is 0 Å². The van der Waals surface area contributed by atoms with Crippen LogP contribution in [0.5, 0.6) is 0 Å². The van der Waals surface area contributed by atoms with Crippen molar-refractivity contribution in [3.63, 3.8) is 0 Å². The van der Waals surface area contributed by atoms with Crippen LogP contribution in [-0.2, 0) is 10.8 Å². The van der Waals surface area contributed by atoms with Gasteiger partial charge in [0, 0.05) is 20.2 Å². The summed E-state index contributed by atoms with van der Waals surface area (Å²) in [6, 6.07) is 22.8. The number of hydrogen-bond donors (Lipinski definition) is 0. The number of hydrogen-bond acceptors (Lipinski definition) is 1. The first-order chi connectivity index (χ1) is 12.6. The van der Waals surface area contributed by atoms with E-state index in [-0.39, 0.29) is 10.8 Å². The molecule has 0 spiro atoms. The number of thiophene rings is 1. The molecule has 0 saturated carbocycles. The maximum absolute atomic E-state index is 2.39. The molecule has 0 aliphatic carbocycles. The quantitative estimate of drug-likeness (QED) is 0.315. The Hall–Kier alpha value is -2.12. The minimum absolute atomic E-state index is 0.134. The van der Waals surface area contributed by atoms with Gasteiger partial charge in [0.15, 0.2) is 0 Å². The Morgan fingerprint density at radius 2 is 1.15 bits per heavy atom. The highest BCUT2D eigenvalue weighted by Gasteiger charge is 2.21. The Labute approximate surface area is 166 Å². The van der Waals surface area contributed by atoms with Gasteiger partial charge in [-0.15, -0.1) is 11.3 Å². The zero-order valence-corrected chi connectivity index (χ0v) is 18.0. The standard InChI is InChI=1S/C26H28S/c1-25(2,3)19-13-18(14-20(16-19)26(4,5)6)17-11-12-24-22(15-17)21-9-7-8-10-23(21)27-24/h7-16H,1-6H3. The Bertz CT molecular complexity index is 1100. The molecule has 3 aromatic carbocycles. The van der Waals surface area contributed by atoms with Gasteiger partial charge in [-0.2, -0.15) is 0 Å². The van der Waals surface area contributed by atoms with Gasteiger partial charge < -0.3 is 0 Å². The van der Waals surface area contributed by atoms with Crippen molar-refractivity contribution in [2.75, 3.05) is 0 Å². The van der Waals surface area contributed by atoms with E-state index >= 15 is 0 Å². The highest BCUT2D eigenvalue weighted by molar-refractivity contribution is 7.25. The molecule has 0 bridgehead atoms. The van der Waals surface area contributed by atoms with Crippen LogP contribution in [0.1, 0.15) is 52.7 Å². The summed E-state index contributed by atoms with van der Waals surface area (Å²) in [6.45, 7) is 13.8. The predicted molar refractivity (Wildman–Crippen MR) is 122 cm³/mol. The van der Waals surface area contributed by atoms with Gasteiger partial charge >= 0.3 is 0 Å². The average Bonchev–Trinajstić information content (AvgIpc) is 2.97. The normalized spacial score (nSPS) is 12.8. The summed E-state index contributed by atoms with van der Waals surface area (Å²) in [4.78, 5) is 0. The van der Waals surface area contributed by atoms with Gasteiger partial charge in [0.1, 0.15) is 0 Å². The lowest BCUT2D eigenvalue weighted by Crippen LogP contribution is -2.16. The Balaban J connectivity index is 1.95. The maximum Gasteiger partial charge on any atom is 0.0355 e. The molecular formula is C26H28S. The lowest BCUT2D eigenvalue weighted by Gasteiger charge is -2.26. The van der Waals surface area contributed by atoms with Crippen LogP contribution in [0.4, 0.5) is 0 Å². The van der Waals surface area contributed by atoms with Crippen molar-refractivity contribution >= 4 is 31.5 Å². The molecule has 0 radical (unpaired) electrons. The largest absolute Gasteiger partial charge is 0.135 e. The van der Waals surface area contributed by atoms with Gasteiger partial charge in [-0.05, 0) is 51.3 Å². The van der Waals surface area contributed by atoms with Gasteiger partial charge in [-0.1, -0.05) is 84.0 Å². The molecule has 0 nitrogen and oxygen atoms in total. The van der Waals surface area contributed by atoms with Crippen molar-refractivity contribution in [2.24, 2.45) is 0 Å². The van der Waals surface area contributed by atoms with Crippen LogP contribution in [0.15, 0.2) is 60.7 Å². The first-order valence-corrected chi connectivity index (χ1v) is 10.5. The Morgan fingerprint density at radius 1 is 0.556 bits per heavy atom. The van der Waals surface area contributed by atoms with Crippen LogP contribution in [0, 0.1) is 0 Å². The second-order valence-electron chi connectivity index (χ2n) is 9.61. The third-order valence-electron chi connectivity index (χ3n) is 5.38. The molecule has 27 heavy (non-hydrogen) atoms. The molecule has 0 N–H and O–H groups in total. The summed E-state index contributed by atoms with van der Waals surface area (Å²) in [5.41, 5.74) is 5.71. The van der Waals surface area contributed by atoms with Crippen molar-refractivity contribution in [2.45, 2.75) is 52.4 Å². The Kier molecular flexibility index (Phi) is 4.20. The molecule has 4 rings (SSSR count). The van der Waals surface area contributed by atoms with Crippen LogP contribution < -0.4 is 0 Å². The van der Waals surface area contributed by atoms with Crippen molar-refractivity contribution in [3.8, 4) is 11.1 Å². The van der Waals surface area contributed by atoms with E-state index < -0.39 is 0 Å². The number of rotatable bonds is 1. The minimum atomic E-state index is 0.134. The van der Waals surface area contributed by atoms with E-state index in [9.17, 15) is 0 Å². The van der Waals surface area contributed by atoms with E-state index in [0.717, 1.165) is 0 Å². The summed E-state index contributed by atoms with van der Waals surface area (Å²) in [5, 5.41) is 2.73. The smallest absolute Gasteiger partial charge is 0.0355 e. The van der Waals surface area contributed by atoms with Crippen LogP contribution in [-0.4, -0.2) is 0 Å². The molecule has 0 saturated heterocycles. The molecule has 1 heterocycles. The fraction of sp³-hybridized carbons (Fsp3) is 0.308. The van der Waals surface area contributed by atoms with Gasteiger partial charge in [-0.3, -0.25) is 0 Å². The van der Waals surface area contributed by atoms with E-state index in [4.69, 9.17) is 0 Å². The molecular weight excluding hydrogens is 344 g/mol. The summed E-state index contributed by atoms with van der Waals surface area (Å²) in [6.07, 6.45) is 0. The summed E-state index contributed by atoms with van der Waals surface area (Å²) in [7, 11) is 0. The molecule has 138 valence electrons. The van der Waals surface area contributed by atoms with Crippen molar-refractivity contribution in [3.05, 3.63) is 71.8 Å². The van der Waals surface area contributed by atoms with E-state index in [1.54, 1.807) is 0 Å². The molecule has 0 aliphatic heterocycles. The zero-order chi connectivity index (χ0) is 19.4. The third-order valence-corrected chi connectivity index (χ3v) is 6.53. The second-order valence-corrected chi connectivity index (χ2v) is 10.7. The molecule has 0 atom stereocenters. The summed E-state index contributed by atoms with van der Waals surface area (Å²) >= 11 is 1.88. The molecule has 0 amide bonds. The van der Waals surface area contributed by atoms with Crippen molar-refractivity contribution < 1.29 is 0 Å². The van der Waals surface area contributed by atoms with E-state index in [2.05, 4.69) is 102 Å². The zero-order valence-electron chi connectivity index (χ0n) is 17.2. The van der Waals surface area contributed by atoms with Gasteiger partial charge in [0.2, 0.25) is 0 Å². The highest BCUT2D eigenvalue weighted by atomic mass is 32.1. The first kappa shape index (κ1) is 18.3. The van der Waals surface area contributed by atoms with Crippen molar-refractivity contribution in [1.29, 1.82) is 0 Å². The lowest BCUT2D eigenvalue weighted by atomic mass is 9.79. The topological polar surface area (TPSA) is 0 Å². The van der Waals surface area contributed by atoms with Crippen LogP contribution in [0.2, 0.25) is 0 Å². The van der Waals surface area contributed by atoms with Gasteiger partial charge in [0.05, 0.1) is 0 Å². The van der Waals surface area contributed by atoms with E-state index in [0.29, 0.717) is 0 Å². The molecule has 0 aliphatic rings. The van der Waals surface area contributed by atoms with Crippen LogP contribution in [0.25, 0.3) is 31.3 Å². The van der Waals surface area contributed by atoms with Gasteiger partial charge in [-0.25, -0.2) is 0 Å². The number of benzene rings is 3. The molecule has 1 heteroatoms. The van der Waals surface area contributed by atoms with Crippen molar-refractivity contribution in [1.82, 2.24) is 0 Å². The molecule has 0 unspecified atom stereocenters. The molecule has 4 aromatic rings. The lowest BCUT2D eigenvalue weighted by molar-refractivity contribution is 0.569. The summed E-state index contributed by atoms with van der Waals surface area (Å²) < 4.78 is 2.73. The maximum atomic E-state index is 2.39. The number of fused-ring (bicyclic) bond motifs is 3. The third kappa shape index (κ3) is 3.41. The average molecular weight is 373 g/mol. The minimum Gasteiger partial charge on any atom is -0.135 e. The fourth-order valence-corrected chi connectivity index (χ4v) is 4.65. The van der Waals surface area contributed by atoms with E-state index in [1.165, 1.54) is 42.4 Å². The second kappa shape index (κ2) is 6.21.